The molecule has 0 aliphatic heterocycles. The van der Waals surface area contributed by atoms with Gasteiger partial charge in [0.05, 0.1) is 0 Å². The summed E-state index contributed by atoms with van der Waals surface area (Å²) in [7, 11) is 0. The predicted octanol–water partition coefficient (Wildman–Crippen LogP) is 3.41. The van der Waals surface area contributed by atoms with E-state index in [9.17, 15) is 0 Å². The maximum atomic E-state index is 5.20. The molecule has 0 bridgehead atoms. The number of benzene rings is 1. The van der Waals surface area contributed by atoms with E-state index in [0.29, 0.717) is 0 Å². The lowest BCUT2D eigenvalue weighted by Crippen LogP contribution is -1.92. The van der Waals surface area contributed by atoms with Gasteiger partial charge in [0.1, 0.15) is 3.44 Å². The van der Waals surface area contributed by atoms with Crippen LogP contribution in [-0.4, -0.2) is 0 Å². The fourth-order valence-corrected chi connectivity index (χ4v) is 2.90. The van der Waals surface area contributed by atoms with E-state index in [1.165, 1.54) is 0 Å². The maximum absolute atomic E-state index is 5.20. The zero-order valence-corrected chi connectivity index (χ0v) is 9.88. The molecule has 0 N–H and O–H groups in total. The molecule has 1 aromatic rings. The first-order valence-electron chi connectivity index (χ1n) is 2.65. The van der Waals surface area contributed by atoms with Crippen molar-refractivity contribution >= 4 is 51.5 Å². The minimum absolute atomic E-state index is 1.16. The Kier molecular flexibility index (Phi) is 3.11. The van der Waals surface area contributed by atoms with Gasteiger partial charge in [-0.1, -0.05) is 42.1 Å². The molecule has 10 heavy (non-hydrogen) atoms. The highest BCUT2D eigenvalue weighted by Crippen LogP contribution is 2.60. The van der Waals surface area contributed by atoms with Crippen LogP contribution in [0.2, 0.25) is 0 Å². The molecule has 4 heteroatoms. The van der Waals surface area contributed by atoms with Gasteiger partial charge in [-0.2, -0.15) is 0 Å². The lowest BCUT2D eigenvalue weighted by Gasteiger charge is -2.03. The highest BCUT2D eigenvalue weighted by Gasteiger charge is 2.08. The molecule has 0 fully saturated rings. The van der Waals surface area contributed by atoms with Gasteiger partial charge in [0, 0.05) is 5.30 Å². The van der Waals surface area contributed by atoms with Crippen molar-refractivity contribution in [3.05, 3.63) is 30.3 Å². The predicted molar refractivity (Wildman–Crippen MR) is 58.2 cm³/mol. The van der Waals surface area contributed by atoms with Crippen LogP contribution in [0.1, 0.15) is 0 Å². The summed E-state index contributed by atoms with van der Waals surface area (Å²) in [6, 6.07) is 9.99. The second-order valence-electron chi connectivity index (χ2n) is 1.80. The molecule has 0 aliphatic rings. The van der Waals surface area contributed by atoms with E-state index in [1.807, 2.05) is 30.3 Å². The summed E-state index contributed by atoms with van der Waals surface area (Å²) >= 11 is 12.1. The largest absolute Gasteiger partial charge is 0.104 e. The van der Waals surface area contributed by atoms with Crippen LogP contribution in [0.25, 0.3) is 0 Å². The van der Waals surface area contributed by atoms with Crippen LogP contribution in [0, 0.1) is 0 Å². The van der Waals surface area contributed by atoms with Crippen molar-refractivity contribution in [2.24, 2.45) is 0 Å². The monoisotopic (exact) mass is 298 g/mol. The van der Waals surface area contributed by atoms with E-state index < -0.39 is 3.44 Å². The van der Waals surface area contributed by atoms with Crippen LogP contribution in [0.3, 0.4) is 0 Å². The molecular weight excluding hydrogens is 295 g/mol. The third-order valence-electron chi connectivity index (χ3n) is 1.06. The Labute approximate surface area is 81.5 Å². The summed E-state index contributed by atoms with van der Waals surface area (Å²) in [6.45, 7) is 0. The SMILES string of the molecule is S=P(Br)(Br)c1ccccc1. The first kappa shape index (κ1) is 8.92. The van der Waals surface area contributed by atoms with Gasteiger partial charge >= 0.3 is 0 Å². The smallest absolute Gasteiger partial charge is 0.0682 e. The maximum Gasteiger partial charge on any atom is 0.104 e. The van der Waals surface area contributed by atoms with Crippen LogP contribution in [0.15, 0.2) is 30.3 Å². The number of hydrogen-bond acceptors (Lipinski definition) is 1. The molecule has 0 saturated heterocycles. The minimum atomic E-state index is -1.56. The van der Waals surface area contributed by atoms with Crippen molar-refractivity contribution in [2.75, 3.05) is 0 Å². The third-order valence-corrected chi connectivity index (χ3v) is 5.05. The van der Waals surface area contributed by atoms with Crippen LogP contribution in [-0.2, 0) is 11.8 Å². The summed E-state index contributed by atoms with van der Waals surface area (Å²) in [5.74, 6) is 0. The van der Waals surface area contributed by atoms with E-state index in [0.717, 1.165) is 5.30 Å². The first-order chi connectivity index (χ1) is 4.61. The Morgan fingerprint density at radius 1 is 1.10 bits per heavy atom. The zero-order chi connectivity index (χ0) is 7.61. The van der Waals surface area contributed by atoms with E-state index in [1.54, 1.807) is 0 Å². The average molecular weight is 300 g/mol. The fraction of sp³-hybridized carbons (Fsp3) is 0. The Morgan fingerprint density at radius 2 is 1.60 bits per heavy atom. The quantitative estimate of drug-likeness (QED) is 0.716. The second kappa shape index (κ2) is 3.48. The number of hydrogen-bond donors (Lipinski definition) is 0. The van der Waals surface area contributed by atoms with E-state index in [4.69, 9.17) is 11.8 Å². The zero-order valence-electron chi connectivity index (χ0n) is 5.00. The second-order valence-corrected chi connectivity index (χ2v) is 16.9. The molecule has 0 spiro atoms. The molecule has 1 rings (SSSR count). The summed E-state index contributed by atoms with van der Waals surface area (Å²) in [5, 5.41) is 1.16. The van der Waals surface area contributed by atoms with Crippen molar-refractivity contribution in [1.82, 2.24) is 0 Å². The van der Waals surface area contributed by atoms with Gasteiger partial charge in [-0.3, -0.25) is 0 Å². The summed E-state index contributed by atoms with van der Waals surface area (Å²) in [5.41, 5.74) is 0. The van der Waals surface area contributed by atoms with Gasteiger partial charge in [0.2, 0.25) is 0 Å². The third kappa shape index (κ3) is 2.46. The Balaban J connectivity index is 3.09. The van der Waals surface area contributed by atoms with Crippen molar-refractivity contribution in [1.29, 1.82) is 0 Å². The summed E-state index contributed by atoms with van der Waals surface area (Å²) in [4.78, 5) is 0. The highest BCUT2D eigenvalue weighted by atomic mass is 79.9. The average Bonchev–Trinajstić information content (AvgIpc) is 1.88. The van der Waals surface area contributed by atoms with Gasteiger partial charge in [-0.15, -0.1) is 0 Å². The Hall–Kier alpha value is 0.830. The lowest BCUT2D eigenvalue weighted by atomic mass is 10.4. The van der Waals surface area contributed by atoms with E-state index in [2.05, 4.69) is 31.0 Å². The molecule has 54 valence electrons. The van der Waals surface area contributed by atoms with Gasteiger partial charge in [-0.25, -0.2) is 0 Å². The van der Waals surface area contributed by atoms with Crippen LogP contribution in [0.5, 0.6) is 0 Å². The lowest BCUT2D eigenvalue weighted by molar-refractivity contribution is 1.78. The molecule has 0 heterocycles. The van der Waals surface area contributed by atoms with Gasteiger partial charge in [0.25, 0.3) is 0 Å². The van der Waals surface area contributed by atoms with Crippen molar-refractivity contribution in [3.8, 4) is 0 Å². The van der Waals surface area contributed by atoms with Crippen molar-refractivity contribution in [3.63, 3.8) is 0 Å². The standard InChI is InChI=1S/C6H5Br2PS/c7-9(8,10)6-4-2-1-3-5-6/h1-5H. The summed E-state index contributed by atoms with van der Waals surface area (Å²) < 4.78 is -1.56. The van der Waals surface area contributed by atoms with Gasteiger partial charge < -0.3 is 0 Å². The first-order valence-corrected chi connectivity index (χ1v) is 9.49. The minimum Gasteiger partial charge on any atom is -0.0682 e. The Morgan fingerprint density at radius 3 is 1.90 bits per heavy atom. The highest BCUT2D eigenvalue weighted by molar-refractivity contribution is 9.75. The molecule has 0 saturated carbocycles. The molecule has 0 radical (unpaired) electrons. The molecule has 0 aromatic heterocycles. The molecule has 1 aromatic carbocycles. The molecule has 0 amide bonds. The van der Waals surface area contributed by atoms with E-state index >= 15 is 0 Å². The van der Waals surface area contributed by atoms with E-state index in [-0.39, 0.29) is 0 Å². The topological polar surface area (TPSA) is 0 Å². The fourth-order valence-electron chi connectivity index (χ4n) is 0.602. The van der Waals surface area contributed by atoms with Gasteiger partial charge in [-0.05, 0) is 31.0 Å². The molecule has 0 aliphatic carbocycles. The van der Waals surface area contributed by atoms with Gasteiger partial charge in [0.15, 0.2) is 0 Å². The van der Waals surface area contributed by atoms with Crippen LogP contribution >= 0.6 is 34.4 Å². The molecule has 0 nitrogen and oxygen atoms in total. The molecule has 0 unspecified atom stereocenters. The van der Waals surface area contributed by atoms with Crippen molar-refractivity contribution in [2.45, 2.75) is 0 Å². The molecule has 0 atom stereocenters. The number of rotatable bonds is 1. The normalized spacial score (nSPS) is 11.4. The van der Waals surface area contributed by atoms with Crippen LogP contribution < -0.4 is 5.30 Å². The van der Waals surface area contributed by atoms with Crippen molar-refractivity contribution < 1.29 is 0 Å². The summed E-state index contributed by atoms with van der Waals surface area (Å²) in [6.07, 6.45) is 0. The Bertz CT molecular complexity index is 254. The number of halogens is 2. The molecular formula is C6H5Br2PS. The van der Waals surface area contributed by atoms with Crippen LogP contribution in [0.4, 0.5) is 0 Å².